The molecule has 0 aliphatic rings. The van der Waals surface area contributed by atoms with Crippen molar-refractivity contribution in [3.05, 3.63) is 88.4 Å². The lowest BCUT2D eigenvalue weighted by Crippen LogP contribution is -2.18. The Kier molecular flexibility index (Phi) is 5.70. The van der Waals surface area contributed by atoms with E-state index in [1.807, 2.05) is 0 Å². The van der Waals surface area contributed by atoms with E-state index in [1.165, 1.54) is 30.3 Å². The van der Waals surface area contributed by atoms with Gasteiger partial charge in [-0.15, -0.1) is 0 Å². The fourth-order valence-corrected chi connectivity index (χ4v) is 3.91. The Balaban J connectivity index is 1.89. The Hall–Kier alpha value is -2.54. The maximum absolute atomic E-state index is 12.7. The summed E-state index contributed by atoms with van der Waals surface area (Å²) in [5.74, 6) is -0.509. The standard InChI is InChI=1S/C19H14Cl2N2O3S/c20-13-10-11-18(16(21)12-13)22-19(24)15-8-4-5-9-17(15)23-27(25,26)14-6-2-1-3-7-14/h1-12,23H,(H,22,24). The zero-order valence-corrected chi connectivity index (χ0v) is 16.1. The van der Waals surface area contributed by atoms with Gasteiger partial charge in [0.2, 0.25) is 0 Å². The Morgan fingerprint density at radius 1 is 0.815 bits per heavy atom. The number of benzene rings is 3. The van der Waals surface area contributed by atoms with Crippen molar-refractivity contribution < 1.29 is 13.2 Å². The third-order valence-electron chi connectivity index (χ3n) is 3.65. The SMILES string of the molecule is O=C(Nc1ccc(Cl)cc1Cl)c1ccccc1NS(=O)(=O)c1ccccc1. The smallest absolute Gasteiger partial charge is 0.261 e. The molecule has 0 saturated heterocycles. The normalized spacial score (nSPS) is 11.0. The topological polar surface area (TPSA) is 75.3 Å². The highest BCUT2D eigenvalue weighted by molar-refractivity contribution is 7.92. The van der Waals surface area contributed by atoms with Gasteiger partial charge in [-0.2, -0.15) is 0 Å². The van der Waals surface area contributed by atoms with Gasteiger partial charge in [-0.05, 0) is 42.5 Å². The molecule has 0 aliphatic carbocycles. The van der Waals surface area contributed by atoms with Crippen molar-refractivity contribution in [2.45, 2.75) is 4.90 Å². The molecule has 0 saturated carbocycles. The number of nitrogens with one attached hydrogen (secondary N) is 2. The number of amides is 1. The van der Waals surface area contributed by atoms with E-state index in [2.05, 4.69) is 10.0 Å². The zero-order chi connectivity index (χ0) is 19.4. The quantitative estimate of drug-likeness (QED) is 0.606. The fourth-order valence-electron chi connectivity index (χ4n) is 2.35. The maximum Gasteiger partial charge on any atom is 0.261 e. The van der Waals surface area contributed by atoms with Gasteiger partial charge in [-0.25, -0.2) is 8.42 Å². The van der Waals surface area contributed by atoms with Crippen LogP contribution in [-0.2, 0) is 10.0 Å². The zero-order valence-electron chi connectivity index (χ0n) is 13.8. The predicted molar refractivity (Wildman–Crippen MR) is 108 cm³/mol. The number of hydrogen-bond acceptors (Lipinski definition) is 3. The molecule has 0 fully saturated rings. The van der Waals surface area contributed by atoms with Crippen LogP contribution in [0.4, 0.5) is 11.4 Å². The molecule has 8 heteroatoms. The molecule has 0 aromatic heterocycles. The molecule has 0 radical (unpaired) electrons. The third kappa shape index (κ3) is 4.60. The number of sulfonamides is 1. The third-order valence-corrected chi connectivity index (χ3v) is 5.58. The maximum atomic E-state index is 12.7. The predicted octanol–water partition coefficient (Wildman–Crippen LogP) is 5.05. The van der Waals surface area contributed by atoms with Crippen LogP contribution in [0.1, 0.15) is 10.4 Å². The lowest BCUT2D eigenvalue weighted by Gasteiger charge is -2.13. The highest BCUT2D eigenvalue weighted by Crippen LogP contribution is 2.27. The van der Waals surface area contributed by atoms with Crippen LogP contribution in [-0.4, -0.2) is 14.3 Å². The van der Waals surface area contributed by atoms with Gasteiger partial charge in [0.05, 0.1) is 26.9 Å². The van der Waals surface area contributed by atoms with Crippen LogP contribution in [0.15, 0.2) is 77.7 Å². The van der Waals surface area contributed by atoms with Crippen LogP contribution >= 0.6 is 23.2 Å². The molecule has 0 spiro atoms. The van der Waals surface area contributed by atoms with Gasteiger partial charge in [-0.3, -0.25) is 9.52 Å². The number of anilines is 2. The second-order valence-corrected chi connectivity index (χ2v) is 8.07. The van der Waals surface area contributed by atoms with E-state index >= 15 is 0 Å². The molecule has 5 nitrogen and oxygen atoms in total. The van der Waals surface area contributed by atoms with Gasteiger partial charge >= 0.3 is 0 Å². The van der Waals surface area contributed by atoms with Gasteiger partial charge in [0.1, 0.15) is 0 Å². The molecule has 3 rings (SSSR count). The number of rotatable bonds is 5. The average molecular weight is 421 g/mol. The van der Waals surface area contributed by atoms with Crippen LogP contribution in [0.25, 0.3) is 0 Å². The van der Waals surface area contributed by atoms with Crippen molar-refractivity contribution >= 4 is 50.5 Å². The van der Waals surface area contributed by atoms with E-state index in [9.17, 15) is 13.2 Å². The summed E-state index contributed by atoms with van der Waals surface area (Å²) in [6, 6.07) is 18.9. The Morgan fingerprint density at radius 2 is 1.48 bits per heavy atom. The van der Waals surface area contributed by atoms with Crippen LogP contribution in [0.3, 0.4) is 0 Å². The molecule has 0 unspecified atom stereocenters. The summed E-state index contributed by atoms with van der Waals surface area (Å²) < 4.78 is 27.5. The second kappa shape index (κ2) is 8.00. The van der Waals surface area contributed by atoms with E-state index in [0.29, 0.717) is 10.7 Å². The van der Waals surface area contributed by atoms with Crippen molar-refractivity contribution in [1.82, 2.24) is 0 Å². The number of carbonyl (C=O) groups excluding carboxylic acids is 1. The number of halogens is 2. The van der Waals surface area contributed by atoms with Gasteiger partial charge in [0.25, 0.3) is 15.9 Å². The minimum Gasteiger partial charge on any atom is -0.321 e. The van der Waals surface area contributed by atoms with Gasteiger partial charge < -0.3 is 5.32 Å². The Morgan fingerprint density at radius 3 is 2.19 bits per heavy atom. The molecule has 1 amide bonds. The molecule has 0 bridgehead atoms. The molecule has 138 valence electrons. The molecule has 0 heterocycles. The summed E-state index contributed by atoms with van der Waals surface area (Å²) in [4.78, 5) is 12.8. The van der Waals surface area contributed by atoms with Crippen molar-refractivity contribution in [3.63, 3.8) is 0 Å². The minimum absolute atomic E-state index is 0.0981. The van der Waals surface area contributed by atoms with E-state index in [0.717, 1.165) is 0 Å². The Bertz CT molecular complexity index is 1090. The summed E-state index contributed by atoms with van der Waals surface area (Å²) in [7, 11) is -3.83. The number of carbonyl (C=O) groups is 1. The second-order valence-electron chi connectivity index (χ2n) is 5.54. The molecule has 0 aliphatic heterocycles. The molecular weight excluding hydrogens is 407 g/mol. The van der Waals surface area contributed by atoms with Crippen LogP contribution in [0.2, 0.25) is 10.0 Å². The first kappa shape index (κ1) is 19.2. The summed E-state index contributed by atoms with van der Waals surface area (Å²) >= 11 is 11.9. The first-order chi connectivity index (χ1) is 12.9. The van der Waals surface area contributed by atoms with Crippen molar-refractivity contribution in [1.29, 1.82) is 0 Å². The minimum atomic E-state index is -3.83. The van der Waals surface area contributed by atoms with E-state index in [4.69, 9.17) is 23.2 Å². The molecule has 3 aromatic rings. The molecule has 2 N–H and O–H groups in total. The van der Waals surface area contributed by atoms with Gasteiger partial charge in [0, 0.05) is 5.02 Å². The Labute approximate surface area is 167 Å². The highest BCUT2D eigenvalue weighted by Gasteiger charge is 2.19. The van der Waals surface area contributed by atoms with Crippen LogP contribution in [0, 0.1) is 0 Å². The highest BCUT2D eigenvalue weighted by atomic mass is 35.5. The lowest BCUT2D eigenvalue weighted by molar-refractivity contribution is 0.102. The fraction of sp³-hybridized carbons (Fsp3) is 0. The molecule has 3 aromatic carbocycles. The van der Waals surface area contributed by atoms with E-state index in [-0.39, 0.29) is 21.2 Å². The van der Waals surface area contributed by atoms with Crippen molar-refractivity contribution in [2.75, 3.05) is 10.0 Å². The van der Waals surface area contributed by atoms with Crippen LogP contribution in [0.5, 0.6) is 0 Å². The van der Waals surface area contributed by atoms with Gasteiger partial charge in [-0.1, -0.05) is 53.5 Å². The van der Waals surface area contributed by atoms with Gasteiger partial charge in [0.15, 0.2) is 0 Å². The summed E-state index contributed by atoms with van der Waals surface area (Å²) in [5, 5.41) is 3.37. The molecular formula is C19H14Cl2N2O3S. The van der Waals surface area contributed by atoms with E-state index < -0.39 is 15.9 Å². The first-order valence-electron chi connectivity index (χ1n) is 7.80. The van der Waals surface area contributed by atoms with Crippen molar-refractivity contribution in [3.8, 4) is 0 Å². The summed E-state index contributed by atoms with van der Waals surface area (Å²) in [6.45, 7) is 0. The number of para-hydroxylation sites is 1. The summed E-state index contributed by atoms with van der Waals surface area (Å²) in [5.41, 5.74) is 0.679. The average Bonchev–Trinajstić information content (AvgIpc) is 2.65. The monoisotopic (exact) mass is 420 g/mol. The number of hydrogen-bond donors (Lipinski definition) is 2. The van der Waals surface area contributed by atoms with E-state index in [1.54, 1.807) is 42.5 Å². The van der Waals surface area contributed by atoms with Crippen molar-refractivity contribution in [2.24, 2.45) is 0 Å². The van der Waals surface area contributed by atoms with Crippen LogP contribution < -0.4 is 10.0 Å². The molecule has 27 heavy (non-hydrogen) atoms. The largest absolute Gasteiger partial charge is 0.321 e. The molecule has 0 atom stereocenters. The lowest BCUT2D eigenvalue weighted by atomic mass is 10.1. The first-order valence-corrected chi connectivity index (χ1v) is 10.0. The summed E-state index contributed by atoms with van der Waals surface area (Å²) in [6.07, 6.45) is 0.